The van der Waals surface area contributed by atoms with Gasteiger partial charge in [0.05, 0.1) is 16.7 Å². The molecule has 6 nitrogen and oxygen atoms in total. The van der Waals surface area contributed by atoms with Crippen LogP contribution in [0.3, 0.4) is 0 Å². The first-order valence-electron chi connectivity index (χ1n) is 8.95. The maximum absolute atomic E-state index is 13.3. The monoisotopic (exact) mass is 361 g/mol. The van der Waals surface area contributed by atoms with Gasteiger partial charge in [-0.25, -0.2) is 5.48 Å². The Morgan fingerprint density at radius 2 is 2.00 bits per heavy atom. The minimum Gasteiger partial charge on any atom is -0.311 e. The van der Waals surface area contributed by atoms with E-state index in [-0.39, 0.29) is 5.91 Å². The second kappa shape index (κ2) is 6.53. The minimum atomic E-state index is -0.533. The number of para-hydroxylation sites is 1. The number of anilines is 1. The normalized spacial score (nSPS) is 21.0. The number of aryl methyl sites for hydroxylation is 1. The van der Waals surface area contributed by atoms with E-state index in [4.69, 9.17) is 5.21 Å². The van der Waals surface area contributed by atoms with Crippen molar-refractivity contribution in [3.63, 3.8) is 0 Å². The van der Waals surface area contributed by atoms with Gasteiger partial charge in [-0.3, -0.25) is 14.8 Å². The van der Waals surface area contributed by atoms with Crippen molar-refractivity contribution in [2.24, 2.45) is 5.41 Å². The van der Waals surface area contributed by atoms with Crippen molar-refractivity contribution >= 4 is 17.5 Å². The Hall–Kier alpha value is -3.17. The fourth-order valence-electron chi connectivity index (χ4n) is 4.31. The molecule has 2 aliphatic rings. The van der Waals surface area contributed by atoms with Gasteiger partial charge in [-0.2, -0.15) is 5.26 Å². The van der Waals surface area contributed by atoms with E-state index in [1.165, 1.54) is 0 Å². The summed E-state index contributed by atoms with van der Waals surface area (Å²) in [6, 6.07) is 14.7. The van der Waals surface area contributed by atoms with E-state index in [1.807, 2.05) is 18.2 Å². The molecule has 2 amide bonds. The smallest absolute Gasteiger partial charge is 0.274 e. The molecule has 1 aliphatic carbocycles. The zero-order valence-electron chi connectivity index (χ0n) is 14.7. The molecule has 0 radical (unpaired) electrons. The maximum Gasteiger partial charge on any atom is 0.274 e. The van der Waals surface area contributed by atoms with Crippen LogP contribution in [0.2, 0.25) is 0 Å². The molecule has 1 atom stereocenters. The van der Waals surface area contributed by atoms with Crippen molar-refractivity contribution in [2.75, 3.05) is 11.4 Å². The van der Waals surface area contributed by atoms with Crippen molar-refractivity contribution in [1.82, 2.24) is 5.48 Å². The number of hydrogen-bond acceptors (Lipinski definition) is 4. The SMILES string of the molecule is N#Cc1ccccc1N1CC[C@@]2(CCc3cc(C(=O)NO)ccc3C2)C1=O. The van der Waals surface area contributed by atoms with Gasteiger partial charge in [-0.05, 0) is 61.1 Å². The fraction of sp³-hybridized carbons (Fsp3) is 0.286. The molecule has 0 unspecified atom stereocenters. The van der Waals surface area contributed by atoms with Crippen LogP contribution < -0.4 is 10.4 Å². The first-order valence-corrected chi connectivity index (χ1v) is 8.95. The lowest BCUT2D eigenvalue weighted by Crippen LogP contribution is -2.39. The van der Waals surface area contributed by atoms with Gasteiger partial charge in [0.15, 0.2) is 0 Å². The Morgan fingerprint density at radius 3 is 2.78 bits per heavy atom. The van der Waals surface area contributed by atoms with Crippen LogP contribution in [0.5, 0.6) is 0 Å². The molecule has 2 aromatic carbocycles. The molecule has 1 fully saturated rings. The number of nitriles is 1. The summed E-state index contributed by atoms with van der Waals surface area (Å²) in [5.74, 6) is -0.456. The Balaban J connectivity index is 1.62. The number of benzene rings is 2. The number of carbonyl (C=O) groups excluding carboxylic acids is 2. The molecule has 6 heteroatoms. The lowest BCUT2D eigenvalue weighted by Gasteiger charge is -2.33. The molecule has 0 saturated carbocycles. The summed E-state index contributed by atoms with van der Waals surface area (Å²) >= 11 is 0. The van der Waals surface area contributed by atoms with Crippen LogP contribution in [-0.2, 0) is 17.6 Å². The third-order valence-corrected chi connectivity index (χ3v) is 5.80. The number of amides is 2. The van der Waals surface area contributed by atoms with Crippen LogP contribution >= 0.6 is 0 Å². The summed E-state index contributed by atoms with van der Waals surface area (Å²) in [4.78, 5) is 26.7. The predicted octanol–water partition coefficient (Wildman–Crippen LogP) is 2.59. The van der Waals surface area contributed by atoms with Gasteiger partial charge in [-0.1, -0.05) is 18.2 Å². The van der Waals surface area contributed by atoms with Crippen molar-refractivity contribution in [2.45, 2.75) is 25.7 Å². The lowest BCUT2D eigenvalue weighted by atomic mass is 9.70. The van der Waals surface area contributed by atoms with Crippen LogP contribution in [0.1, 0.15) is 39.9 Å². The molecule has 0 aromatic heterocycles. The molecule has 1 aliphatic heterocycles. The highest BCUT2D eigenvalue weighted by atomic mass is 16.5. The molecule has 1 spiro atoms. The third-order valence-electron chi connectivity index (χ3n) is 5.80. The van der Waals surface area contributed by atoms with Gasteiger partial charge in [0, 0.05) is 12.1 Å². The minimum absolute atomic E-state index is 0.0769. The topological polar surface area (TPSA) is 93.4 Å². The van der Waals surface area contributed by atoms with E-state index >= 15 is 0 Å². The van der Waals surface area contributed by atoms with Crippen LogP contribution in [0, 0.1) is 16.7 Å². The summed E-state index contributed by atoms with van der Waals surface area (Å²) in [5.41, 5.74) is 4.93. The van der Waals surface area contributed by atoms with Gasteiger partial charge < -0.3 is 4.90 Å². The van der Waals surface area contributed by atoms with E-state index in [2.05, 4.69) is 6.07 Å². The second-order valence-corrected chi connectivity index (χ2v) is 7.22. The average Bonchev–Trinajstić information content (AvgIpc) is 3.02. The van der Waals surface area contributed by atoms with Gasteiger partial charge in [0.2, 0.25) is 5.91 Å². The average molecular weight is 361 g/mol. The van der Waals surface area contributed by atoms with Gasteiger partial charge in [0.25, 0.3) is 5.91 Å². The van der Waals surface area contributed by atoms with E-state index in [1.54, 1.807) is 34.6 Å². The quantitative estimate of drug-likeness (QED) is 0.635. The van der Waals surface area contributed by atoms with E-state index in [9.17, 15) is 14.9 Å². The summed E-state index contributed by atoms with van der Waals surface area (Å²) in [7, 11) is 0. The molecular weight excluding hydrogens is 342 g/mol. The first kappa shape index (κ1) is 17.3. The van der Waals surface area contributed by atoms with Crippen LogP contribution in [0.4, 0.5) is 5.69 Å². The first-order chi connectivity index (χ1) is 13.1. The van der Waals surface area contributed by atoms with Crippen molar-refractivity contribution < 1.29 is 14.8 Å². The number of carbonyl (C=O) groups is 2. The lowest BCUT2D eigenvalue weighted by molar-refractivity contribution is -0.126. The largest absolute Gasteiger partial charge is 0.311 e. The molecule has 0 bridgehead atoms. The number of rotatable bonds is 2. The van der Waals surface area contributed by atoms with Gasteiger partial charge >= 0.3 is 0 Å². The number of nitrogens with zero attached hydrogens (tertiary/aromatic N) is 2. The highest BCUT2D eigenvalue weighted by Crippen LogP contribution is 2.45. The number of nitrogens with one attached hydrogen (secondary N) is 1. The molecule has 2 N–H and O–H groups in total. The number of hydroxylamine groups is 1. The maximum atomic E-state index is 13.3. The summed E-state index contributed by atoms with van der Waals surface area (Å²) < 4.78 is 0. The van der Waals surface area contributed by atoms with Crippen molar-refractivity contribution in [3.8, 4) is 6.07 Å². The zero-order chi connectivity index (χ0) is 19.0. The molecule has 4 rings (SSSR count). The Bertz CT molecular complexity index is 979. The molecule has 1 heterocycles. The third kappa shape index (κ3) is 2.77. The van der Waals surface area contributed by atoms with Crippen LogP contribution in [-0.4, -0.2) is 23.6 Å². The van der Waals surface area contributed by atoms with Crippen molar-refractivity contribution in [1.29, 1.82) is 5.26 Å². The van der Waals surface area contributed by atoms with E-state index < -0.39 is 11.3 Å². The molecule has 2 aromatic rings. The fourth-order valence-corrected chi connectivity index (χ4v) is 4.31. The Labute approximate surface area is 157 Å². The molecule has 136 valence electrons. The molecule has 27 heavy (non-hydrogen) atoms. The summed E-state index contributed by atoms with van der Waals surface area (Å²) in [5, 5.41) is 18.2. The Morgan fingerprint density at radius 1 is 1.19 bits per heavy atom. The van der Waals surface area contributed by atoms with E-state index in [0.717, 1.165) is 17.5 Å². The molecule has 1 saturated heterocycles. The zero-order valence-corrected chi connectivity index (χ0v) is 14.7. The highest BCUT2D eigenvalue weighted by Gasteiger charge is 2.48. The van der Waals surface area contributed by atoms with Gasteiger partial charge in [-0.15, -0.1) is 0 Å². The highest BCUT2D eigenvalue weighted by molar-refractivity contribution is 6.01. The molecular formula is C21H19N3O3. The van der Waals surface area contributed by atoms with E-state index in [0.29, 0.717) is 42.6 Å². The second-order valence-electron chi connectivity index (χ2n) is 7.22. The summed E-state index contributed by atoms with van der Waals surface area (Å²) in [6.45, 7) is 0.609. The van der Waals surface area contributed by atoms with Gasteiger partial charge in [0.1, 0.15) is 6.07 Å². The standard InChI is InChI=1S/C21H19N3O3/c22-13-17-3-1-2-4-18(17)24-10-9-21(20(24)26)8-7-14-11-15(19(25)23-27)5-6-16(14)12-21/h1-6,11,27H,7-10,12H2,(H,23,25)/t21-/m1/s1. The van der Waals surface area contributed by atoms with Crippen molar-refractivity contribution in [3.05, 3.63) is 64.7 Å². The summed E-state index contributed by atoms with van der Waals surface area (Å²) in [6.07, 6.45) is 2.81. The van der Waals surface area contributed by atoms with Crippen LogP contribution in [0.15, 0.2) is 42.5 Å². The number of fused-ring (bicyclic) bond motifs is 1. The van der Waals surface area contributed by atoms with Crippen LogP contribution in [0.25, 0.3) is 0 Å². The number of hydrogen-bond donors (Lipinski definition) is 2. The predicted molar refractivity (Wildman–Crippen MR) is 98.3 cm³/mol. The Kier molecular flexibility index (Phi) is 4.17.